The Hall–Kier alpha value is -0.610. The smallest absolute Gasteiger partial charge is 0.302 e. The Morgan fingerprint density at radius 3 is 2.53 bits per heavy atom. The number of hydrogen-bond donors (Lipinski definition) is 1. The van der Waals surface area contributed by atoms with Gasteiger partial charge in [-0.05, 0) is 12.8 Å². The SMILES string of the molecule is CCC(CC)NCN1CC(OC(C)=O)C1. The van der Waals surface area contributed by atoms with Crippen LogP contribution in [0.3, 0.4) is 0 Å². The maximum atomic E-state index is 10.7. The first kappa shape index (κ1) is 12.5. The third-order valence-corrected chi connectivity index (χ3v) is 2.85. The number of nitrogens with zero attached hydrogens (tertiary/aromatic N) is 1. The van der Waals surface area contributed by atoms with Crippen molar-refractivity contribution in [3.8, 4) is 0 Å². The van der Waals surface area contributed by atoms with Gasteiger partial charge in [-0.25, -0.2) is 0 Å². The standard InChI is InChI=1S/C11H22N2O2/c1-4-10(5-2)12-8-13-6-11(7-13)15-9(3)14/h10-12H,4-8H2,1-3H3. The van der Waals surface area contributed by atoms with Crippen LogP contribution in [-0.2, 0) is 9.53 Å². The van der Waals surface area contributed by atoms with E-state index in [4.69, 9.17) is 4.74 Å². The Labute approximate surface area is 92.0 Å². The van der Waals surface area contributed by atoms with Crippen LogP contribution in [0, 0.1) is 0 Å². The minimum atomic E-state index is -0.174. The minimum absolute atomic E-state index is 0.117. The lowest BCUT2D eigenvalue weighted by atomic mass is 10.1. The lowest BCUT2D eigenvalue weighted by Gasteiger charge is -2.38. The van der Waals surface area contributed by atoms with Gasteiger partial charge in [-0.3, -0.25) is 9.69 Å². The van der Waals surface area contributed by atoms with Crippen LogP contribution in [0.25, 0.3) is 0 Å². The molecule has 1 fully saturated rings. The monoisotopic (exact) mass is 214 g/mol. The summed E-state index contributed by atoms with van der Waals surface area (Å²) in [5.41, 5.74) is 0. The zero-order chi connectivity index (χ0) is 11.3. The molecule has 15 heavy (non-hydrogen) atoms. The van der Waals surface area contributed by atoms with Gasteiger partial charge in [0.1, 0.15) is 6.10 Å². The van der Waals surface area contributed by atoms with E-state index in [9.17, 15) is 4.79 Å². The Balaban J connectivity index is 2.04. The van der Waals surface area contributed by atoms with Crippen LogP contribution < -0.4 is 5.32 Å². The normalized spacial score (nSPS) is 17.9. The molecule has 0 aromatic rings. The third-order valence-electron chi connectivity index (χ3n) is 2.85. The molecule has 1 aliphatic rings. The first-order chi connectivity index (χ1) is 7.15. The van der Waals surface area contributed by atoms with E-state index in [1.165, 1.54) is 6.92 Å². The molecule has 0 radical (unpaired) electrons. The molecule has 1 N–H and O–H groups in total. The zero-order valence-corrected chi connectivity index (χ0v) is 9.95. The Kier molecular flexibility index (Phi) is 5.05. The second-order valence-corrected chi connectivity index (χ2v) is 4.14. The predicted octanol–water partition coefficient (Wildman–Crippen LogP) is 0.969. The molecule has 0 atom stereocenters. The number of hydrogen-bond acceptors (Lipinski definition) is 4. The van der Waals surface area contributed by atoms with E-state index in [-0.39, 0.29) is 12.1 Å². The van der Waals surface area contributed by atoms with Crippen molar-refractivity contribution in [2.45, 2.75) is 45.8 Å². The van der Waals surface area contributed by atoms with Crippen LogP contribution in [-0.4, -0.2) is 42.8 Å². The van der Waals surface area contributed by atoms with E-state index >= 15 is 0 Å². The molecule has 4 nitrogen and oxygen atoms in total. The maximum absolute atomic E-state index is 10.7. The topological polar surface area (TPSA) is 41.6 Å². The number of rotatable bonds is 6. The van der Waals surface area contributed by atoms with Gasteiger partial charge in [0.2, 0.25) is 0 Å². The van der Waals surface area contributed by atoms with E-state index in [2.05, 4.69) is 24.1 Å². The molecule has 0 saturated carbocycles. The van der Waals surface area contributed by atoms with Crippen LogP contribution >= 0.6 is 0 Å². The number of ether oxygens (including phenoxy) is 1. The fraction of sp³-hybridized carbons (Fsp3) is 0.909. The first-order valence-corrected chi connectivity index (χ1v) is 5.78. The zero-order valence-electron chi connectivity index (χ0n) is 9.95. The molecular weight excluding hydrogens is 192 g/mol. The Morgan fingerprint density at radius 1 is 1.47 bits per heavy atom. The van der Waals surface area contributed by atoms with Crippen LogP contribution in [0.4, 0.5) is 0 Å². The Morgan fingerprint density at radius 2 is 2.07 bits per heavy atom. The molecule has 1 rings (SSSR count). The molecule has 0 aliphatic carbocycles. The van der Waals surface area contributed by atoms with Crippen LogP contribution in [0.5, 0.6) is 0 Å². The van der Waals surface area contributed by atoms with Crippen molar-refractivity contribution in [2.75, 3.05) is 19.8 Å². The van der Waals surface area contributed by atoms with Crippen molar-refractivity contribution < 1.29 is 9.53 Å². The van der Waals surface area contributed by atoms with E-state index in [1.807, 2.05) is 0 Å². The summed E-state index contributed by atoms with van der Waals surface area (Å²) < 4.78 is 5.07. The number of likely N-dealkylation sites (tertiary alicyclic amines) is 1. The summed E-state index contributed by atoms with van der Waals surface area (Å²) in [6.07, 6.45) is 2.45. The molecule has 0 amide bonds. The van der Waals surface area contributed by atoms with Crippen LogP contribution in [0.15, 0.2) is 0 Å². The largest absolute Gasteiger partial charge is 0.460 e. The van der Waals surface area contributed by atoms with Crippen LogP contribution in [0.2, 0.25) is 0 Å². The quantitative estimate of drug-likeness (QED) is 0.669. The lowest BCUT2D eigenvalue weighted by molar-refractivity contribution is -0.154. The maximum Gasteiger partial charge on any atom is 0.302 e. The van der Waals surface area contributed by atoms with E-state index < -0.39 is 0 Å². The van der Waals surface area contributed by atoms with Gasteiger partial charge in [-0.2, -0.15) is 0 Å². The summed E-state index contributed by atoms with van der Waals surface area (Å²) in [5.74, 6) is -0.174. The molecule has 0 unspecified atom stereocenters. The number of nitrogens with one attached hydrogen (secondary N) is 1. The summed E-state index contributed by atoms with van der Waals surface area (Å²) in [4.78, 5) is 12.9. The molecule has 0 bridgehead atoms. The second-order valence-electron chi connectivity index (χ2n) is 4.14. The van der Waals surface area contributed by atoms with Crippen molar-refractivity contribution in [3.05, 3.63) is 0 Å². The van der Waals surface area contributed by atoms with Crippen molar-refractivity contribution in [1.29, 1.82) is 0 Å². The minimum Gasteiger partial charge on any atom is -0.460 e. The molecule has 4 heteroatoms. The molecule has 0 aromatic carbocycles. The van der Waals surface area contributed by atoms with Crippen molar-refractivity contribution >= 4 is 5.97 Å². The summed E-state index contributed by atoms with van der Waals surface area (Å²) in [6.45, 7) is 8.49. The highest BCUT2D eigenvalue weighted by molar-refractivity contribution is 5.66. The van der Waals surface area contributed by atoms with Crippen molar-refractivity contribution in [1.82, 2.24) is 10.2 Å². The third kappa shape index (κ3) is 4.18. The van der Waals surface area contributed by atoms with Gasteiger partial charge in [0.15, 0.2) is 0 Å². The average molecular weight is 214 g/mol. The molecule has 1 aliphatic heterocycles. The van der Waals surface area contributed by atoms with Crippen molar-refractivity contribution in [3.63, 3.8) is 0 Å². The highest BCUT2D eigenvalue weighted by Gasteiger charge is 2.28. The van der Waals surface area contributed by atoms with Gasteiger partial charge < -0.3 is 10.1 Å². The molecular formula is C11H22N2O2. The average Bonchev–Trinajstić information content (AvgIpc) is 2.14. The molecule has 0 aromatic heterocycles. The summed E-state index contributed by atoms with van der Waals surface area (Å²) in [5, 5.41) is 3.48. The van der Waals surface area contributed by atoms with Gasteiger partial charge in [0, 0.05) is 32.7 Å². The molecule has 1 heterocycles. The van der Waals surface area contributed by atoms with E-state index in [0.717, 1.165) is 32.6 Å². The van der Waals surface area contributed by atoms with Gasteiger partial charge in [-0.15, -0.1) is 0 Å². The lowest BCUT2D eigenvalue weighted by Crippen LogP contribution is -2.56. The fourth-order valence-corrected chi connectivity index (χ4v) is 1.80. The van der Waals surface area contributed by atoms with Crippen LogP contribution in [0.1, 0.15) is 33.6 Å². The van der Waals surface area contributed by atoms with Gasteiger partial charge >= 0.3 is 5.97 Å². The number of esters is 1. The molecule has 1 saturated heterocycles. The molecule has 88 valence electrons. The predicted molar refractivity (Wildman–Crippen MR) is 59.5 cm³/mol. The van der Waals surface area contributed by atoms with E-state index in [0.29, 0.717) is 6.04 Å². The first-order valence-electron chi connectivity index (χ1n) is 5.78. The summed E-state index contributed by atoms with van der Waals surface area (Å²) >= 11 is 0. The highest BCUT2D eigenvalue weighted by atomic mass is 16.5. The number of carbonyl (C=O) groups excluding carboxylic acids is 1. The van der Waals surface area contributed by atoms with Gasteiger partial charge in [0.25, 0.3) is 0 Å². The van der Waals surface area contributed by atoms with Gasteiger partial charge in [0.05, 0.1) is 0 Å². The number of carbonyl (C=O) groups is 1. The van der Waals surface area contributed by atoms with E-state index in [1.54, 1.807) is 0 Å². The molecule has 0 spiro atoms. The summed E-state index contributed by atoms with van der Waals surface area (Å²) in [7, 11) is 0. The fourth-order valence-electron chi connectivity index (χ4n) is 1.80. The highest BCUT2D eigenvalue weighted by Crippen LogP contribution is 2.10. The Bertz CT molecular complexity index is 199. The van der Waals surface area contributed by atoms with Gasteiger partial charge in [-0.1, -0.05) is 13.8 Å². The second kappa shape index (κ2) is 6.08. The summed E-state index contributed by atoms with van der Waals surface area (Å²) in [6, 6.07) is 0.609. The van der Waals surface area contributed by atoms with Crippen molar-refractivity contribution in [2.24, 2.45) is 0 Å².